The lowest BCUT2D eigenvalue weighted by Gasteiger charge is -2.21. The van der Waals surface area contributed by atoms with Crippen molar-refractivity contribution in [3.8, 4) is 0 Å². The lowest BCUT2D eigenvalue weighted by molar-refractivity contribution is -0.119. The molecule has 0 radical (unpaired) electrons. The van der Waals surface area contributed by atoms with E-state index >= 15 is 0 Å². The van der Waals surface area contributed by atoms with Crippen LogP contribution in [0, 0.1) is 0 Å². The normalized spacial score (nSPS) is 19.3. The number of fused-ring (bicyclic) bond motifs is 1. The van der Waals surface area contributed by atoms with Crippen molar-refractivity contribution >= 4 is 18.0 Å². The lowest BCUT2D eigenvalue weighted by Crippen LogP contribution is -2.34. The molecule has 1 saturated heterocycles. The molecule has 1 fully saturated rings. The van der Waals surface area contributed by atoms with Crippen LogP contribution in [0.2, 0.25) is 0 Å². The van der Waals surface area contributed by atoms with Gasteiger partial charge in [0.15, 0.2) is 0 Å². The van der Waals surface area contributed by atoms with Gasteiger partial charge >= 0.3 is 0 Å². The Bertz CT molecular complexity index is 515. The van der Waals surface area contributed by atoms with Crippen LogP contribution in [-0.4, -0.2) is 36.9 Å². The smallest absolute Gasteiger partial charge is 0.240 e. The van der Waals surface area contributed by atoms with Crippen molar-refractivity contribution in [3.05, 3.63) is 29.3 Å². The molecule has 0 aromatic heterocycles. The fourth-order valence-electron chi connectivity index (χ4n) is 2.70. The van der Waals surface area contributed by atoms with Gasteiger partial charge in [-0.15, -0.1) is 0 Å². The first kappa shape index (κ1) is 12.2. The van der Waals surface area contributed by atoms with Crippen LogP contribution in [-0.2, 0) is 22.7 Å². The Morgan fingerprint density at radius 3 is 2.89 bits per heavy atom. The van der Waals surface area contributed by atoms with Crippen molar-refractivity contribution in [2.45, 2.75) is 19.5 Å². The molecule has 19 heavy (non-hydrogen) atoms. The summed E-state index contributed by atoms with van der Waals surface area (Å²) in [7, 11) is 0. The van der Waals surface area contributed by atoms with Crippen LogP contribution >= 0.6 is 0 Å². The maximum absolute atomic E-state index is 12.0. The summed E-state index contributed by atoms with van der Waals surface area (Å²) in [5.41, 5.74) is 3.27. The molecule has 100 valence electrons. The number of rotatable bonds is 2. The predicted octanol–water partition coefficient (Wildman–Crippen LogP) is 0.485. The van der Waals surface area contributed by atoms with E-state index in [0.29, 0.717) is 19.6 Å². The summed E-state index contributed by atoms with van der Waals surface area (Å²) >= 11 is 0. The molecule has 0 bridgehead atoms. The highest BCUT2D eigenvalue weighted by atomic mass is 16.2. The highest BCUT2D eigenvalue weighted by Crippen LogP contribution is 2.27. The van der Waals surface area contributed by atoms with Gasteiger partial charge in [-0.05, 0) is 36.2 Å². The highest BCUT2D eigenvalue weighted by molar-refractivity contribution is 5.95. The van der Waals surface area contributed by atoms with Gasteiger partial charge in [0.25, 0.3) is 0 Å². The Kier molecular flexibility index (Phi) is 3.21. The van der Waals surface area contributed by atoms with E-state index < -0.39 is 0 Å². The zero-order valence-electron chi connectivity index (χ0n) is 10.8. The average Bonchev–Trinajstić information content (AvgIpc) is 2.72. The number of amides is 2. The first-order chi connectivity index (χ1) is 9.28. The average molecular weight is 259 g/mol. The summed E-state index contributed by atoms with van der Waals surface area (Å²) < 4.78 is 0. The van der Waals surface area contributed by atoms with Crippen molar-refractivity contribution in [2.24, 2.45) is 0 Å². The van der Waals surface area contributed by atoms with E-state index in [4.69, 9.17) is 0 Å². The van der Waals surface area contributed by atoms with Crippen molar-refractivity contribution in [3.63, 3.8) is 0 Å². The second-order valence-corrected chi connectivity index (χ2v) is 5.04. The Balaban J connectivity index is 1.86. The van der Waals surface area contributed by atoms with E-state index in [1.54, 1.807) is 4.90 Å². The van der Waals surface area contributed by atoms with Gasteiger partial charge in [0.05, 0.1) is 6.54 Å². The van der Waals surface area contributed by atoms with Gasteiger partial charge in [0.1, 0.15) is 0 Å². The fourth-order valence-corrected chi connectivity index (χ4v) is 2.70. The molecule has 0 aliphatic carbocycles. The first-order valence-electron chi connectivity index (χ1n) is 6.60. The second-order valence-electron chi connectivity index (χ2n) is 5.04. The summed E-state index contributed by atoms with van der Waals surface area (Å²) in [6, 6.07) is 6.05. The topological polar surface area (TPSA) is 52.7 Å². The van der Waals surface area contributed by atoms with E-state index in [-0.39, 0.29) is 5.91 Å². The number of nitrogens with zero attached hydrogens (tertiary/aromatic N) is 2. The van der Waals surface area contributed by atoms with Crippen LogP contribution in [0.4, 0.5) is 5.69 Å². The molecule has 0 atom stereocenters. The summed E-state index contributed by atoms with van der Waals surface area (Å²) in [4.78, 5) is 26.4. The minimum Gasteiger partial charge on any atom is -0.337 e. The fraction of sp³-hybridized carbons (Fsp3) is 0.429. The molecular weight excluding hydrogens is 242 g/mol. The van der Waals surface area contributed by atoms with Crippen LogP contribution in [0.3, 0.4) is 0 Å². The number of hydrogen-bond donors (Lipinski definition) is 1. The van der Waals surface area contributed by atoms with Crippen molar-refractivity contribution in [1.29, 1.82) is 0 Å². The molecule has 2 heterocycles. The SMILES string of the molecule is O=CN1Cc2ccc(N3CCCNCC3=O)cc2C1. The van der Waals surface area contributed by atoms with E-state index in [1.807, 2.05) is 23.1 Å². The highest BCUT2D eigenvalue weighted by Gasteiger charge is 2.22. The van der Waals surface area contributed by atoms with Crippen LogP contribution in [0.1, 0.15) is 17.5 Å². The van der Waals surface area contributed by atoms with E-state index in [9.17, 15) is 9.59 Å². The van der Waals surface area contributed by atoms with E-state index in [2.05, 4.69) is 5.32 Å². The van der Waals surface area contributed by atoms with Crippen LogP contribution in [0.25, 0.3) is 0 Å². The molecule has 5 heteroatoms. The Morgan fingerprint density at radius 1 is 1.21 bits per heavy atom. The summed E-state index contributed by atoms with van der Waals surface area (Å²) in [6.07, 6.45) is 1.84. The van der Waals surface area contributed by atoms with Gasteiger partial charge in [-0.2, -0.15) is 0 Å². The van der Waals surface area contributed by atoms with Crippen molar-refractivity contribution in [2.75, 3.05) is 24.5 Å². The molecule has 3 rings (SSSR count). The molecule has 2 aliphatic rings. The van der Waals surface area contributed by atoms with E-state index in [1.165, 1.54) is 5.56 Å². The quantitative estimate of drug-likeness (QED) is 0.786. The van der Waals surface area contributed by atoms with Crippen LogP contribution in [0.5, 0.6) is 0 Å². The minimum absolute atomic E-state index is 0.114. The minimum atomic E-state index is 0.114. The largest absolute Gasteiger partial charge is 0.337 e. The maximum atomic E-state index is 12.0. The summed E-state index contributed by atoms with van der Waals surface area (Å²) in [6.45, 7) is 3.35. The zero-order valence-corrected chi connectivity index (χ0v) is 10.8. The molecule has 5 nitrogen and oxygen atoms in total. The number of benzene rings is 1. The molecule has 1 N–H and O–H groups in total. The Labute approximate surface area is 112 Å². The number of hydrogen-bond acceptors (Lipinski definition) is 3. The second kappa shape index (κ2) is 5.01. The molecule has 1 aromatic rings. The van der Waals surface area contributed by atoms with E-state index in [0.717, 1.165) is 37.2 Å². The summed E-state index contributed by atoms with van der Waals surface area (Å²) in [5.74, 6) is 0.114. The van der Waals surface area contributed by atoms with Gasteiger partial charge in [-0.1, -0.05) is 6.07 Å². The third-order valence-electron chi connectivity index (χ3n) is 3.71. The van der Waals surface area contributed by atoms with Gasteiger partial charge in [-0.25, -0.2) is 0 Å². The number of carbonyl (C=O) groups is 2. The molecular formula is C14H17N3O2. The molecule has 0 spiro atoms. The van der Waals surface area contributed by atoms with Crippen LogP contribution in [0.15, 0.2) is 18.2 Å². The first-order valence-corrected chi connectivity index (χ1v) is 6.60. The Hall–Kier alpha value is -1.88. The number of nitrogens with one attached hydrogen (secondary N) is 1. The lowest BCUT2D eigenvalue weighted by atomic mass is 10.1. The van der Waals surface area contributed by atoms with Gasteiger partial charge in [0.2, 0.25) is 12.3 Å². The molecule has 2 aliphatic heterocycles. The Morgan fingerprint density at radius 2 is 2.05 bits per heavy atom. The predicted molar refractivity (Wildman–Crippen MR) is 71.6 cm³/mol. The molecule has 0 unspecified atom stereocenters. The maximum Gasteiger partial charge on any atom is 0.240 e. The summed E-state index contributed by atoms with van der Waals surface area (Å²) in [5, 5.41) is 3.12. The zero-order chi connectivity index (χ0) is 13.2. The monoisotopic (exact) mass is 259 g/mol. The molecule has 2 amide bonds. The van der Waals surface area contributed by atoms with Crippen molar-refractivity contribution in [1.82, 2.24) is 10.2 Å². The number of anilines is 1. The standard InChI is InChI=1S/C14H17N3O2/c18-10-16-8-11-2-3-13(6-12(11)9-16)17-5-1-4-15-7-14(17)19/h2-3,6,10,15H,1,4-5,7-9H2. The third kappa shape index (κ3) is 2.33. The molecule has 1 aromatic carbocycles. The molecule has 0 saturated carbocycles. The number of carbonyl (C=O) groups excluding carboxylic acids is 2. The van der Waals surface area contributed by atoms with Crippen LogP contribution < -0.4 is 10.2 Å². The van der Waals surface area contributed by atoms with Gasteiger partial charge in [-0.3, -0.25) is 9.59 Å². The van der Waals surface area contributed by atoms with Crippen molar-refractivity contribution < 1.29 is 9.59 Å². The van der Waals surface area contributed by atoms with Gasteiger partial charge < -0.3 is 15.1 Å². The third-order valence-corrected chi connectivity index (χ3v) is 3.71. The van der Waals surface area contributed by atoms with Gasteiger partial charge in [0, 0.05) is 25.3 Å².